The van der Waals surface area contributed by atoms with Crippen molar-refractivity contribution in [3.8, 4) is 0 Å². The van der Waals surface area contributed by atoms with E-state index in [1.807, 2.05) is 12.1 Å². The summed E-state index contributed by atoms with van der Waals surface area (Å²) in [6.07, 6.45) is 0.994. The Balaban J connectivity index is 1.51. The average Bonchev–Trinajstić information content (AvgIpc) is 2.98. The number of nitrogens with one attached hydrogen (secondary N) is 1. The van der Waals surface area contributed by atoms with Crippen molar-refractivity contribution < 1.29 is 8.78 Å². The van der Waals surface area contributed by atoms with Gasteiger partial charge in [-0.3, -0.25) is 4.90 Å². The first-order valence-electron chi connectivity index (χ1n) is 8.31. The van der Waals surface area contributed by atoms with Crippen LogP contribution >= 0.6 is 0 Å². The second-order valence-electron chi connectivity index (χ2n) is 6.26. The van der Waals surface area contributed by atoms with Crippen LogP contribution in [0.3, 0.4) is 0 Å². The van der Waals surface area contributed by atoms with Crippen molar-refractivity contribution in [2.24, 2.45) is 0 Å². The number of anilines is 1. The molecule has 5 nitrogen and oxygen atoms in total. The Labute approximate surface area is 140 Å². The zero-order valence-electron chi connectivity index (χ0n) is 13.8. The van der Waals surface area contributed by atoms with Gasteiger partial charge in [0.1, 0.15) is 18.7 Å². The summed E-state index contributed by atoms with van der Waals surface area (Å²) in [5.41, 5.74) is 2.44. The maximum absolute atomic E-state index is 12.5. The van der Waals surface area contributed by atoms with Crippen molar-refractivity contribution in [3.05, 3.63) is 42.0 Å². The van der Waals surface area contributed by atoms with Gasteiger partial charge in [0.15, 0.2) is 0 Å². The fraction of sp³-hybridized carbons (Fsp3) is 0.529. The number of para-hydroxylation sites is 1. The first-order chi connectivity index (χ1) is 11.6. The number of aromatic nitrogens is 3. The molecule has 0 aliphatic carbocycles. The monoisotopic (exact) mass is 335 g/mol. The van der Waals surface area contributed by atoms with Gasteiger partial charge in [-0.2, -0.15) is 5.10 Å². The van der Waals surface area contributed by atoms with Gasteiger partial charge in [0, 0.05) is 24.8 Å². The number of piperidine rings is 1. The van der Waals surface area contributed by atoms with E-state index >= 15 is 0 Å². The Morgan fingerprint density at radius 3 is 2.71 bits per heavy atom. The summed E-state index contributed by atoms with van der Waals surface area (Å²) in [4.78, 5) is 6.37. The molecule has 2 heterocycles. The molecule has 24 heavy (non-hydrogen) atoms. The van der Waals surface area contributed by atoms with Crippen LogP contribution in [-0.2, 0) is 13.1 Å². The number of benzene rings is 1. The number of rotatable bonds is 6. The van der Waals surface area contributed by atoms with E-state index in [9.17, 15) is 8.78 Å². The largest absolute Gasteiger partial charge is 0.382 e. The van der Waals surface area contributed by atoms with E-state index in [0.717, 1.165) is 25.9 Å². The molecule has 0 unspecified atom stereocenters. The van der Waals surface area contributed by atoms with Crippen LogP contribution in [0, 0.1) is 6.92 Å². The van der Waals surface area contributed by atoms with Crippen LogP contribution in [0.1, 0.15) is 24.2 Å². The van der Waals surface area contributed by atoms with Gasteiger partial charge >= 0.3 is 0 Å². The zero-order valence-corrected chi connectivity index (χ0v) is 13.8. The van der Waals surface area contributed by atoms with E-state index in [0.29, 0.717) is 18.4 Å². The molecule has 0 saturated carbocycles. The Bertz CT molecular complexity index is 650. The fourth-order valence-electron chi connectivity index (χ4n) is 3.08. The number of alkyl halides is 2. The van der Waals surface area contributed by atoms with Crippen molar-refractivity contribution in [3.63, 3.8) is 0 Å². The third-order valence-electron chi connectivity index (χ3n) is 4.46. The number of aryl methyl sites for hydroxylation is 1. The van der Waals surface area contributed by atoms with Gasteiger partial charge in [-0.05, 0) is 31.4 Å². The van der Waals surface area contributed by atoms with Crippen molar-refractivity contribution in [2.45, 2.75) is 45.3 Å². The maximum Gasteiger partial charge on any atom is 0.257 e. The first-order valence-corrected chi connectivity index (χ1v) is 8.31. The number of halogens is 2. The van der Waals surface area contributed by atoms with Gasteiger partial charge in [0.2, 0.25) is 0 Å². The highest BCUT2D eigenvalue weighted by atomic mass is 19.3. The van der Waals surface area contributed by atoms with Crippen molar-refractivity contribution in [1.29, 1.82) is 0 Å². The molecule has 0 bridgehead atoms. The van der Waals surface area contributed by atoms with Gasteiger partial charge in [0.05, 0.1) is 6.54 Å². The summed E-state index contributed by atoms with van der Waals surface area (Å²) in [6.45, 7) is 4.13. The van der Waals surface area contributed by atoms with E-state index in [2.05, 4.69) is 39.4 Å². The van der Waals surface area contributed by atoms with Gasteiger partial charge < -0.3 is 5.32 Å². The fourth-order valence-corrected chi connectivity index (χ4v) is 3.08. The first kappa shape index (κ1) is 16.8. The molecular weight excluding hydrogens is 312 g/mol. The molecule has 1 N–H and O–H groups in total. The number of hydrogen-bond donors (Lipinski definition) is 1. The maximum atomic E-state index is 12.5. The van der Waals surface area contributed by atoms with Crippen LogP contribution in [0.2, 0.25) is 0 Å². The lowest BCUT2D eigenvalue weighted by Crippen LogP contribution is -2.39. The summed E-state index contributed by atoms with van der Waals surface area (Å²) in [5, 5.41) is 7.50. The minimum absolute atomic E-state index is 0.388. The molecule has 0 atom stereocenters. The summed E-state index contributed by atoms with van der Waals surface area (Å²) < 4.78 is 26.4. The van der Waals surface area contributed by atoms with Crippen molar-refractivity contribution >= 4 is 5.69 Å². The third-order valence-corrected chi connectivity index (χ3v) is 4.46. The SMILES string of the molecule is Cc1ccccc1NC1CCN(Cc2ncnn2CC(F)F)CC1. The second kappa shape index (κ2) is 7.70. The summed E-state index contributed by atoms with van der Waals surface area (Å²) in [7, 11) is 0. The number of hydrogen-bond acceptors (Lipinski definition) is 4. The molecule has 2 aromatic rings. The van der Waals surface area contributed by atoms with Crippen LogP contribution in [0.25, 0.3) is 0 Å². The minimum atomic E-state index is -2.41. The predicted molar refractivity (Wildman–Crippen MR) is 89.1 cm³/mol. The highest BCUT2D eigenvalue weighted by molar-refractivity contribution is 5.50. The Kier molecular flexibility index (Phi) is 5.40. The Morgan fingerprint density at radius 2 is 2.00 bits per heavy atom. The third kappa shape index (κ3) is 4.29. The van der Waals surface area contributed by atoms with Crippen LogP contribution in [0.4, 0.5) is 14.5 Å². The molecule has 1 aliphatic heterocycles. The highest BCUT2D eigenvalue weighted by Crippen LogP contribution is 2.20. The van der Waals surface area contributed by atoms with Crippen molar-refractivity contribution in [2.75, 3.05) is 18.4 Å². The Hall–Kier alpha value is -2.02. The predicted octanol–water partition coefficient (Wildman–Crippen LogP) is 2.93. The summed E-state index contributed by atoms with van der Waals surface area (Å²) in [5.74, 6) is 0.612. The second-order valence-corrected chi connectivity index (χ2v) is 6.26. The molecule has 0 radical (unpaired) electrons. The molecule has 1 aliphatic rings. The zero-order chi connectivity index (χ0) is 16.9. The minimum Gasteiger partial charge on any atom is -0.382 e. The van der Waals surface area contributed by atoms with Crippen LogP contribution in [0.5, 0.6) is 0 Å². The Morgan fingerprint density at radius 1 is 1.25 bits per heavy atom. The van der Waals surface area contributed by atoms with E-state index in [1.54, 1.807) is 0 Å². The molecule has 1 aromatic heterocycles. The summed E-state index contributed by atoms with van der Waals surface area (Å²) in [6, 6.07) is 8.74. The van der Waals surface area contributed by atoms with Gasteiger partial charge in [-0.15, -0.1) is 0 Å². The smallest absolute Gasteiger partial charge is 0.257 e. The number of nitrogens with zero attached hydrogens (tertiary/aromatic N) is 4. The average molecular weight is 335 g/mol. The topological polar surface area (TPSA) is 46.0 Å². The van der Waals surface area contributed by atoms with Crippen LogP contribution in [-0.4, -0.2) is 45.2 Å². The lowest BCUT2D eigenvalue weighted by molar-refractivity contribution is 0.117. The molecule has 0 amide bonds. The summed E-state index contributed by atoms with van der Waals surface area (Å²) >= 11 is 0. The molecule has 0 spiro atoms. The molecule has 3 rings (SSSR count). The van der Waals surface area contributed by atoms with E-state index in [4.69, 9.17) is 0 Å². The van der Waals surface area contributed by atoms with Gasteiger partial charge in [-0.25, -0.2) is 18.4 Å². The molecular formula is C17H23F2N5. The standard InChI is InChI=1S/C17H23F2N5/c1-13-4-2-3-5-15(13)22-14-6-8-23(9-7-14)11-17-20-12-21-24(17)10-16(18)19/h2-5,12,14,16,22H,6-11H2,1H3. The highest BCUT2D eigenvalue weighted by Gasteiger charge is 2.21. The van der Waals surface area contributed by atoms with Crippen molar-refractivity contribution in [1.82, 2.24) is 19.7 Å². The van der Waals surface area contributed by atoms with E-state index in [-0.39, 0.29) is 6.54 Å². The van der Waals surface area contributed by atoms with Crippen LogP contribution in [0.15, 0.2) is 30.6 Å². The quantitative estimate of drug-likeness (QED) is 0.882. The van der Waals surface area contributed by atoms with E-state index in [1.165, 1.54) is 22.3 Å². The lowest BCUT2D eigenvalue weighted by atomic mass is 10.0. The molecule has 1 aromatic carbocycles. The van der Waals surface area contributed by atoms with E-state index < -0.39 is 6.43 Å². The molecule has 1 saturated heterocycles. The molecule has 1 fully saturated rings. The molecule has 7 heteroatoms. The number of likely N-dealkylation sites (tertiary alicyclic amines) is 1. The lowest BCUT2D eigenvalue weighted by Gasteiger charge is -2.32. The van der Waals surface area contributed by atoms with Crippen LogP contribution < -0.4 is 5.32 Å². The van der Waals surface area contributed by atoms with Gasteiger partial charge in [0.25, 0.3) is 6.43 Å². The van der Waals surface area contributed by atoms with Gasteiger partial charge in [-0.1, -0.05) is 18.2 Å². The normalized spacial score (nSPS) is 16.7. The molecule has 130 valence electrons.